The Hall–Kier alpha value is -1.26. The second-order valence-electron chi connectivity index (χ2n) is 5.52. The molecule has 1 aliphatic rings. The fourth-order valence-corrected chi connectivity index (χ4v) is 2.82. The van der Waals surface area contributed by atoms with Crippen LogP contribution in [0.15, 0.2) is 24.3 Å². The number of ether oxygens (including phenoxy) is 1. The zero-order valence-electron chi connectivity index (χ0n) is 12.2. The van der Waals surface area contributed by atoms with E-state index in [2.05, 4.69) is 11.8 Å². The largest absolute Gasteiger partial charge is 0.508 e. The van der Waals surface area contributed by atoms with Gasteiger partial charge in [-0.3, -0.25) is 0 Å². The van der Waals surface area contributed by atoms with Crippen molar-refractivity contribution < 1.29 is 14.9 Å². The van der Waals surface area contributed by atoms with E-state index in [-0.39, 0.29) is 18.3 Å². The first kappa shape index (κ1) is 15.1. The molecule has 1 unspecified atom stereocenters. The van der Waals surface area contributed by atoms with E-state index in [1.807, 2.05) is 0 Å². The summed E-state index contributed by atoms with van der Waals surface area (Å²) in [6, 6.07) is 6.74. The van der Waals surface area contributed by atoms with Gasteiger partial charge in [0.1, 0.15) is 11.5 Å². The maximum absolute atomic E-state index is 9.59. The first-order valence-electron chi connectivity index (χ1n) is 7.48. The van der Waals surface area contributed by atoms with Crippen molar-refractivity contribution in [1.82, 2.24) is 4.90 Å². The molecule has 1 saturated heterocycles. The summed E-state index contributed by atoms with van der Waals surface area (Å²) in [5.74, 6) is 1.72. The quantitative estimate of drug-likeness (QED) is 0.837. The van der Waals surface area contributed by atoms with Crippen LogP contribution in [-0.4, -0.2) is 48.0 Å². The summed E-state index contributed by atoms with van der Waals surface area (Å²) in [4.78, 5) is 2.45. The van der Waals surface area contributed by atoms with Gasteiger partial charge in [0, 0.05) is 12.5 Å². The normalized spacial score (nSPS) is 18.9. The van der Waals surface area contributed by atoms with Gasteiger partial charge in [-0.2, -0.15) is 0 Å². The van der Waals surface area contributed by atoms with Crippen molar-refractivity contribution >= 4 is 0 Å². The van der Waals surface area contributed by atoms with E-state index in [1.165, 1.54) is 0 Å². The second-order valence-corrected chi connectivity index (χ2v) is 5.52. The third kappa shape index (κ3) is 4.12. The topological polar surface area (TPSA) is 52.9 Å². The van der Waals surface area contributed by atoms with Gasteiger partial charge in [0.25, 0.3) is 0 Å². The van der Waals surface area contributed by atoms with Crippen LogP contribution in [0.5, 0.6) is 11.5 Å². The highest BCUT2D eigenvalue weighted by molar-refractivity contribution is 5.30. The number of hydrogen-bond acceptors (Lipinski definition) is 4. The monoisotopic (exact) mass is 279 g/mol. The lowest BCUT2D eigenvalue weighted by atomic mass is 9.85. The molecule has 2 rings (SSSR count). The maximum atomic E-state index is 9.59. The number of aliphatic hydroxyl groups is 1. The number of aliphatic hydroxyl groups excluding tert-OH is 1. The molecule has 0 radical (unpaired) electrons. The molecule has 0 amide bonds. The Morgan fingerprint density at radius 1 is 1.25 bits per heavy atom. The van der Waals surface area contributed by atoms with Gasteiger partial charge < -0.3 is 19.8 Å². The van der Waals surface area contributed by atoms with Gasteiger partial charge in [-0.1, -0.05) is 6.92 Å². The summed E-state index contributed by atoms with van der Waals surface area (Å²) in [6.45, 7) is 6.26. The number of rotatable bonds is 6. The summed E-state index contributed by atoms with van der Waals surface area (Å²) < 4.78 is 5.74. The molecule has 4 heteroatoms. The minimum Gasteiger partial charge on any atom is -0.508 e. The van der Waals surface area contributed by atoms with Crippen LogP contribution in [0.4, 0.5) is 0 Å². The first-order valence-corrected chi connectivity index (χ1v) is 7.48. The third-order valence-corrected chi connectivity index (χ3v) is 4.28. The van der Waals surface area contributed by atoms with Crippen LogP contribution in [0.3, 0.4) is 0 Å². The molecule has 0 aromatic heterocycles. The van der Waals surface area contributed by atoms with E-state index in [9.17, 15) is 10.2 Å². The zero-order valence-corrected chi connectivity index (χ0v) is 12.2. The summed E-state index contributed by atoms with van der Waals surface area (Å²) in [5.41, 5.74) is 0. The van der Waals surface area contributed by atoms with E-state index in [0.717, 1.165) is 38.2 Å². The summed E-state index contributed by atoms with van der Waals surface area (Å²) in [5, 5.41) is 18.8. The highest BCUT2D eigenvalue weighted by Gasteiger charge is 2.26. The molecule has 1 atom stereocenters. The van der Waals surface area contributed by atoms with E-state index < -0.39 is 0 Å². The standard InChI is InChI=1S/C16H25NO3/c1-2-17-9-7-13(8-10-17)14(11-18)12-20-16-5-3-15(19)4-6-16/h3-6,13-14,18-19H,2,7-12H2,1H3. The predicted molar refractivity (Wildman–Crippen MR) is 79.0 cm³/mol. The number of hydrogen-bond donors (Lipinski definition) is 2. The summed E-state index contributed by atoms with van der Waals surface area (Å²) in [6.07, 6.45) is 2.27. The van der Waals surface area contributed by atoms with Crippen LogP contribution >= 0.6 is 0 Å². The average Bonchev–Trinajstić information content (AvgIpc) is 2.50. The molecule has 1 aliphatic heterocycles. The SMILES string of the molecule is CCN1CCC(C(CO)COc2ccc(O)cc2)CC1. The molecule has 0 aliphatic carbocycles. The highest BCUT2D eigenvalue weighted by Crippen LogP contribution is 2.26. The van der Waals surface area contributed by atoms with Crippen LogP contribution in [0.2, 0.25) is 0 Å². The van der Waals surface area contributed by atoms with Crippen LogP contribution < -0.4 is 4.74 Å². The number of likely N-dealkylation sites (tertiary alicyclic amines) is 1. The Balaban J connectivity index is 1.81. The van der Waals surface area contributed by atoms with Crippen molar-refractivity contribution in [2.24, 2.45) is 11.8 Å². The minimum absolute atomic E-state index is 0.175. The van der Waals surface area contributed by atoms with Gasteiger partial charge in [0.2, 0.25) is 0 Å². The van der Waals surface area contributed by atoms with Crippen LogP contribution in [0.25, 0.3) is 0 Å². The zero-order chi connectivity index (χ0) is 14.4. The molecule has 2 N–H and O–H groups in total. The van der Waals surface area contributed by atoms with Crippen LogP contribution in [0.1, 0.15) is 19.8 Å². The van der Waals surface area contributed by atoms with Gasteiger partial charge in [-0.05, 0) is 62.7 Å². The number of aromatic hydroxyl groups is 1. The average molecular weight is 279 g/mol. The van der Waals surface area contributed by atoms with Crippen molar-refractivity contribution in [3.8, 4) is 11.5 Å². The first-order chi connectivity index (χ1) is 9.72. The predicted octanol–water partition coefficient (Wildman–Crippen LogP) is 2.11. The molecule has 1 fully saturated rings. The molecular weight excluding hydrogens is 254 g/mol. The Bertz CT molecular complexity index is 385. The molecule has 0 spiro atoms. The Morgan fingerprint density at radius 2 is 1.90 bits per heavy atom. The maximum Gasteiger partial charge on any atom is 0.119 e. The van der Waals surface area contributed by atoms with Crippen LogP contribution in [0, 0.1) is 11.8 Å². The number of nitrogens with zero attached hydrogens (tertiary/aromatic N) is 1. The van der Waals surface area contributed by atoms with E-state index in [1.54, 1.807) is 24.3 Å². The molecule has 0 bridgehead atoms. The van der Waals surface area contributed by atoms with Crippen molar-refractivity contribution in [2.75, 3.05) is 32.8 Å². The van der Waals surface area contributed by atoms with Crippen molar-refractivity contribution in [3.05, 3.63) is 24.3 Å². The van der Waals surface area contributed by atoms with E-state index >= 15 is 0 Å². The lowest BCUT2D eigenvalue weighted by Crippen LogP contribution is -2.38. The van der Waals surface area contributed by atoms with Crippen molar-refractivity contribution in [3.63, 3.8) is 0 Å². The number of benzene rings is 1. The summed E-state index contributed by atoms with van der Waals surface area (Å²) >= 11 is 0. The molecule has 4 nitrogen and oxygen atoms in total. The molecule has 20 heavy (non-hydrogen) atoms. The molecule has 1 heterocycles. The van der Waals surface area contributed by atoms with Gasteiger partial charge >= 0.3 is 0 Å². The van der Waals surface area contributed by atoms with Crippen molar-refractivity contribution in [2.45, 2.75) is 19.8 Å². The van der Waals surface area contributed by atoms with Gasteiger partial charge in [-0.25, -0.2) is 0 Å². The van der Waals surface area contributed by atoms with Crippen LogP contribution in [-0.2, 0) is 0 Å². The van der Waals surface area contributed by atoms with Gasteiger partial charge in [0.15, 0.2) is 0 Å². The summed E-state index contributed by atoms with van der Waals surface area (Å²) in [7, 11) is 0. The van der Waals surface area contributed by atoms with Gasteiger partial charge in [0.05, 0.1) is 6.61 Å². The minimum atomic E-state index is 0.175. The smallest absolute Gasteiger partial charge is 0.119 e. The molecule has 0 saturated carbocycles. The highest BCUT2D eigenvalue weighted by atomic mass is 16.5. The van der Waals surface area contributed by atoms with Crippen molar-refractivity contribution in [1.29, 1.82) is 0 Å². The third-order valence-electron chi connectivity index (χ3n) is 4.28. The molecule has 1 aromatic rings. The number of phenolic OH excluding ortho intramolecular Hbond substituents is 1. The molecule has 1 aromatic carbocycles. The fraction of sp³-hybridized carbons (Fsp3) is 0.625. The van der Waals surface area contributed by atoms with Gasteiger partial charge in [-0.15, -0.1) is 0 Å². The lowest BCUT2D eigenvalue weighted by Gasteiger charge is -2.34. The second kappa shape index (κ2) is 7.50. The Kier molecular flexibility index (Phi) is 5.68. The Labute approximate surface area is 121 Å². The fourth-order valence-electron chi connectivity index (χ4n) is 2.82. The van der Waals surface area contributed by atoms with E-state index in [0.29, 0.717) is 12.5 Å². The van der Waals surface area contributed by atoms with E-state index in [4.69, 9.17) is 4.74 Å². The molecular formula is C16H25NO3. The Morgan fingerprint density at radius 3 is 2.45 bits per heavy atom. The number of piperidine rings is 1. The lowest BCUT2D eigenvalue weighted by molar-refractivity contribution is 0.0756. The molecule has 112 valence electrons. The number of phenols is 1.